The van der Waals surface area contributed by atoms with E-state index in [2.05, 4.69) is 10.6 Å². The van der Waals surface area contributed by atoms with Crippen LogP contribution < -0.4 is 10.6 Å². The van der Waals surface area contributed by atoms with Gasteiger partial charge in [-0.05, 0) is 63.1 Å². The molecule has 2 N–H and O–H groups in total. The van der Waals surface area contributed by atoms with Gasteiger partial charge >= 0.3 is 5.97 Å². The summed E-state index contributed by atoms with van der Waals surface area (Å²) in [5.74, 6) is -1.38. The van der Waals surface area contributed by atoms with E-state index in [1.807, 2.05) is 13.0 Å². The molecule has 0 aliphatic rings. The molecule has 2 amide bonds. The zero-order valence-electron chi connectivity index (χ0n) is 18.2. The van der Waals surface area contributed by atoms with Crippen LogP contribution in [0.2, 0.25) is 5.02 Å². The standard InChI is InChI=1S/C24H23ClN2O4S/c1-5-31-24(30)19-15(4)20(22(29)26-18-11-7-10-17(25)14(18)3)32-23(19)27-21(28)16-9-6-8-13(2)12-16/h6-12H,5H2,1-4H3,(H,26,29)(H,27,28). The first-order valence-corrected chi connectivity index (χ1v) is 11.2. The molecule has 0 saturated carbocycles. The second-order valence-corrected chi connectivity index (χ2v) is 8.60. The van der Waals surface area contributed by atoms with Crippen molar-refractivity contribution in [3.63, 3.8) is 0 Å². The highest BCUT2D eigenvalue weighted by Gasteiger charge is 2.27. The molecule has 0 bridgehead atoms. The molecule has 0 saturated heterocycles. The summed E-state index contributed by atoms with van der Waals surface area (Å²) in [6, 6.07) is 12.3. The molecule has 32 heavy (non-hydrogen) atoms. The molecule has 2 aromatic carbocycles. The smallest absolute Gasteiger partial charge is 0.341 e. The summed E-state index contributed by atoms with van der Waals surface area (Å²) in [6.07, 6.45) is 0. The molecule has 0 atom stereocenters. The lowest BCUT2D eigenvalue weighted by atomic mass is 10.1. The van der Waals surface area contributed by atoms with Crippen molar-refractivity contribution in [3.8, 4) is 0 Å². The summed E-state index contributed by atoms with van der Waals surface area (Å²) in [4.78, 5) is 38.8. The molecule has 6 nitrogen and oxygen atoms in total. The van der Waals surface area contributed by atoms with E-state index in [1.54, 1.807) is 57.2 Å². The van der Waals surface area contributed by atoms with E-state index >= 15 is 0 Å². The second kappa shape index (κ2) is 9.97. The van der Waals surface area contributed by atoms with Gasteiger partial charge in [0.25, 0.3) is 11.8 Å². The van der Waals surface area contributed by atoms with Gasteiger partial charge in [0.15, 0.2) is 0 Å². The van der Waals surface area contributed by atoms with Crippen molar-refractivity contribution in [2.75, 3.05) is 17.2 Å². The number of carbonyl (C=O) groups is 3. The molecular weight excluding hydrogens is 448 g/mol. The first kappa shape index (κ1) is 23.5. The third-order valence-corrected chi connectivity index (χ3v) is 6.47. The summed E-state index contributed by atoms with van der Waals surface area (Å²) in [6.45, 7) is 7.21. The molecule has 0 unspecified atom stereocenters. The molecule has 0 aliphatic carbocycles. The Morgan fingerprint density at radius 2 is 1.69 bits per heavy atom. The SMILES string of the molecule is CCOC(=O)c1c(NC(=O)c2cccc(C)c2)sc(C(=O)Nc2cccc(Cl)c2C)c1C. The molecular formula is C24H23ClN2O4S. The number of amides is 2. The third-order valence-electron chi connectivity index (χ3n) is 4.86. The fraction of sp³-hybridized carbons (Fsp3) is 0.208. The average Bonchev–Trinajstić information content (AvgIpc) is 3.07. The van der Waals surface area contributed by atoms with E-state index in [-0.39, 0.29) is 23.1 Å². The zero-order chi connectivity index (χ0) is 23.4. The maximum Gasteiger partial charge on any atom is 0.341 e. The number of hydrogen-bond donors (Lipinski definition) is 2. The monoisotopic (exact) mass is 470 g/mol. The van der Waals surface area contributed by atoms with Crippen LogP contribution >= 0.6 is 22.9 Å². The van der Waals surface area contributed by atoms with Gasteiger partial charge in [-0.15, -0.1) is 11.3 Å². The summed E-state index contributed by atoms with van der Waals surface area (Å²) < 4.78 is 5.17. The van der Waals surface area contributed by atoms with Crippen molar-refractivity contribution in [1.82, 2.24) is 0 Å². The minimum Gasteiger partial charge on any atom is -0.462 e. The molecule has 3 rings (SSSR count). The summed E-state index contributed by atoms with van der Waals surface area (Å²) in [5.41, 5.74) is 3.29. The lowest BCUT2D eigenvalue weighted by molar-refractivity contribution is 0.0527. The number of rotatable bonds is 6. The third kappa shape index (κ3) is 5.00. The fourth-order valence-corrected chi connectivity index (χ4v) is 4.41. The van der Waals surface area contributed by atoms with Crippen molar-refractivity contribution >= 4 is 51.4 Å². The van der Waals surface area contributed by atoms with Crippen LogP contribution in [-0.4, -0.2) is 24.4 Å². The maximum atomic E-state index is 13.0. The molecule has 8 heteroatoms. The number of benzene rings is 2. The van der Waals surface area contributed by atoms with Crippen LogP contribution in [0.3, 0.4) is 0 Å². The summed E-state index contributed by atoms with van der Waals surface area (Å²) >= 11 is 7.18. The number of thiophene rings is 1. The topological polar surface area (TPSA) is 84.5 Å². The minimum absolute atomic E-state index is 0.169. The Hall–Kier alpha value is -3.16. The van der Waals surface area contributed by atoms with E-state index in [0.717, 1.165) is 22.5 Å². The molecule has 1 aromatic heterocycles. The Bertz CT molecular complexity index is 1200. The number of esters is 1. The first-order chi connectivity index (χ1) is 15.2. The van der Waals surface area contributed by atoms with E-state index < -0.39 is 11.9 Å². The van der Waals surface area contributed by atoms with E-state index in [0.29, 0.717) is 26.7 Å². The van der Waals surface area contributed by atoms with E-state index in [1.165, 1.54) is 0 Å². The van der Waals surface area contributed by atoms with Crippen molar-refractivity contribution in [3.05, 3.63) is 80.2 Å². The fourth-order valence-electron chi connectivity index (χ4n) is 3.15. The van der Waals surface area contributed by atoms with Crippen LogP contribution in [-0.2, 0) is 4.74 Å². The Morgan fingerprint density at radius 3 is 2.38 bits per heavy atom. The number of carbonyl (C=O) groups excluding carboxylic acids is 3. The van der Waals surface area contributed by atoms with Crippen LogP contribution in [0.15, 0.2) is 42.5 Å². The van der Waals surface area contributed by atoms with Gasteiger partial charge in [0.05, 0.1) is 17.0 Å². The number of aryl methyl sites for hydroxylation is 1. The van der Waals surface area contributed by atoms with Gasteiger partial charge in [-0.1, -0.05) is 35.4 Å². The predicted molar refractivity (Wildman–Crippen MR) is 128 cm³/mol. The molecule has 0 spiro atoms. The summed E-state index contributed by atoms with van der Waals surface area (Å²) in [7, 11) is 0. The molecule has 0 fully saturated rings. The number of hydrogen-bond acceptors (Lipinski definition) is 5. The predicted octanol–water partition coefficient (Wildman–Crippen LogP) is 6.01. The van der Waals surface area contributed by atoms with Crippen LogP contribution in [0.4, 0.5) is 10.7 Å². The Balaban J connectivity index is 1.97. The van der Waals surface area contributed by atoms with Crippen LogP contribution in [0, 0.1) is 20.8 Å². The van der Waals surface area contributed by atoms with Crippen molar-refractivity contribution in [1.29, 1.82) is 0 Å². The summed E-state index contributed by atoms with van der Waals surface area (Å²) in [5, 5.41) is 6.40. The van der Waals surface area contributed by atoms with Crippen LogP contribution in [0.25, 0.3) is 0 Å². The van der Waals surface area contributed by atoms with E-state index in [4.69, 9.17) is 16.3 Å². The van der Waals surface area contributed by atoms with Crippen molar-refractivity contribution in [2.45, 2.75) is 27.7 Å². The second-order valence-electron chi connectivity index (χ2n) is 7.17. The van der Waals surface area contributed by atoms with Crippen molar-refractivity contribution < 1.29 is 19.1 Å². The zero-order valence-corrected chi connectivity index (χ0v) is 19.7. The van der Waals surface area contributed by atoms with Crippen LogP contribution in [0.1, 0.15) is 54.0 Å². The number of halogens is 1. The van der Waals surface area contributed by atoms with Gasteiger partial charge in [0, 0.05) is 16.3 Å². The highest BCUT2D eigenvalue weighted by molar-refractivity contribution is 7.19. The lowest BCUT2D eigenvalue weighted by Gasteiger charge is -2.09. The minimum atomic E-state index is -0.598. The largest absolute Gasteiger partial charge is 0.462 e. The molecule has 0 aliphatic heterocycles. The van der Waals surface area contributed by atoms with Gasteiger partial charge in [0.2, 0.25) is 0 Å². The first-order valence-electron chi connectivity index (χ1n) is 9.97. The van der Waals surface area contributed by atoms with Gasteiger partial charge in [-0.3, -0.25) is 9.59 Å². The normalized spacial score (nSPS) is 10.5. The number of nitrogens with one attached hydrogen (secondary N) is 2. The maximum absolute atomic E-state index is 13.0. The highest BCUT2D eigenvalue weighted by Crippen LogP contribution is 2.35. The van der Waals surface area contributed by atoms with Crippen LogP contribution in [0.5, 0.6) is 0 Å². The number of anilines is 2. The molecule has 1 heterocycles. The van der Waals surface area contributed by atoms with Gasteiger partial charge in [-0.2, -0.15) is 0 Å². The Morgan fingerprint density at radius 1 is 0.969 bits per heavy atom. The average molecular weight is 471 g/mol. The quantitative estimate of drug-likeness (QED) is 0.432. The Kier molecular flexibility index (Phi) is 7.33. The molecule has 166 valence electrons. The number of ether oxygens (including phenoxy) is 1. The molecule has 0 radical (unpaired) electrons. The van der Waals surface area contributed by atoms with E-state index in [9.17, 15) is 14.4 Å². The van der Waals surface area contributed by atoms with Crippen molar-refractivity contribution in [2.24, 2.45) is 0 Å². The Labute approximate surface area is 195 Å². The van der Waals surface area contributed by atoms with Gasteiger partial charge in [-0.25, -0.2) is 4.79 Å². The lowest BCUT2D eigenvalue weighted by Crippen LogP contribution is -2.15. The van der Waals surface area contributed by atoms with Gasteiger partial charge < -0.3 is 15.4 Å². The highest BCUT2D eigenvalue weighted by atomic mass is 35.5. The molecule has 3 aromatic rings. The van der Waals surface area contributed by atoms with Gasteiger partial charge in [0.1, 0.15) is 5.00 Å².